The first-order chi connectivity index (χ1) is 9.38. The summed E-state index contributed by atoms with van der Waals surface area (Å²) in [7, 11) is 3.45. The summed E-state index contributed by atoms with van der Waals surface area (Å²) in [5, 5.41) is 2.96. The van der Waals surface area contributed by atoms with Gasteiger partial charge in [0, 0.05) is 31.2 Å². The molecule has 2 heterocycles. The van der Waals surface area contributed by atoms with Crippen molar-refractivity contribution >= 4 is 23.0 Å². The summed E-state index contributed by atoms with van der Waals surface area (Å²) in [6.45, 7) is 3.54. The number of ketones is 1. The molecule has 0 unspecified atom stereocenters. The topological polar surface area (TPSA) is 55.2 Å². The lowest BCUT2D eigenvalue weighted by molar-refractivity contribution is -0.117. The van der Waals surface area contributed by atoms with Crippen LogP contribution in [0.2, 0.25) is 0 Å². The predicted molar refractivity (Wildman–Crippen MR) is 78.9 cm³/mol. The maximum atomic E-state index is 12.3. The maximum absolute atomic E-state index is 12.3. The third-order valence-corrected chi connectivity index (χ3v) is 3.72. The molecule has 0 aromatic carbocycles. The maximum Gasteiger partial charge on any atom is 0.270 e. The minimum Gasteiger partial charge on any atom is -0.346 e. The second-order valence-electron chi connectivity index (χ2n) is 4.84. The summed E-state index contributed by atoms with van der Waals surface area (Å²) in [5.41, 5.74) is 2.34. The van der Waals surface area contributed by atoms with Gasteiger partial charge in [0.05, 0.1) is 17.2 Å². The number of carbonyl (C=O) groups is 2. The first-order valence-electron chi connectivity index (χ1n) is 6.22. The van der Waals surface area contributed by atoms with Gasteiger partial charge in [0.15, 0.2) is 0 Å². The molecule has 2 aromatic rings. The first kappa shape index (κ1) is 14.5. The molecule has 5 nitrogen and oxygen atoms in total. The number of hydrogen-bond donors (Lipinski definition) is 0. The van der Waals surface area contributed by atoms with E-state index in [4.69, 9.17) is 0 Å². The second kappa shape index (κ2) is 5.58. The van der Waals surface area contributed by atoms with Crippen LogP contribution in [-0.2, 0) is 11.8 Å². The van der Waals surface area contributed by atoms with Crippen LogP contribution in [0.1, 0.15) is 22.4 Å². The average molecular weight is 291 g/mol. The van der Waals surface area contributed by atoms with E-state index in [1.165, 1.54) is 11.8 Å². The van der Waals surface area contributed by atoms with Gasteiger partial charge < -0.3 is 9.47 Å². The highest BCUT2D eigenvalue weighted by Gasteiger charge is 2.18. The van der Waals surface area contributed by atoms with E-state index in [2.05, 4.69) is 4.98 Å². The number of nitrogens with zero attached hydrogens (tertiary/aromatic N) is 3. The lowest BCUT2D eigenvalue weighted by Gasteiger charge is -2.15. The van der Waals surface area contributed by atoms with Gasteiger partial charge in [-0.15, -0.1) is 11.3 Å². The molecule has 0 spiro atoms. The quantitative estimate of drug-likeness (QED) is 0.867. The molecular weight excluding hydrogens is 274 g/mol. The Hall–Kier alpha value is -1.95. The van der Waals surface area contributed by atoms with Crippen molar-refractivity contribution < 1.29 is 9.59 Å². The predicted octanol–water partition coefficient (Wildman–Crippen LogP) is 2.12. The van der Waals surface area contributed by atoms with Gasteiger partial charge in [-0.25, -0.2) is 4.98 Å². The Morgan fingerprint density at radius 1 is 1.45 bits per heavy atom. The van der Waals surface area contributed by atoms with Crippen LogP contribution in [0.25, 0.3) is 11.3 Å². The Labute approximate surface area is 121 Å². The van der Waals surface area contributed by atoms with Gasteiger partial charge in [-0.05, 0) is 19.9 Å². The van der Waals surface area contributed by atoms with Crippen LogP contribution in [-0.4, -0.2) is 39.7 Å². The van der Waals surface area contributed by atoms with Crippen LogP contribution < -0.4 is 0 Å². The highest BCUT2D eigenvalue weighted by atomic mass is 32.1. The standard InChI is InChI=1S/C14H17N3O2S/c1-9(18)6-17(4)14(19)13-5-11(7-16(13)3)12-8-20-10(2)15-12/h5,7-8H,6H2,1-4H3. The second-order valence-corrected chi connectivity index (χ2v) is 5.90. The summed E-state index contributed by atoms with van der Waals surface area (Å²) in [4.78, 5) is 29.2. The van der Waals surface area contributed by atoms with E-state index in [0.717, 1.165) is 16.3 Å². The van der Waals surface area contributed by atoms with Crippen molar-refractivity contribution in [2.75, 3.05) is 13.6 Å². The van der Waals surface area contributed by atoms with Crippen molar-refractivity contribution in [3.8, 4) is 11.3 Å². The third-order valence-electron chi connectivity index (χ3n) is 2.95. The summed E-state index contributed by atoms with van der Waals surface area (Å²) >= 11 is 1.58. The smallest absolute Gasteiger partial charge is 0.270 e. The molecule has 1 amide bonds. The van der Waals surface area contributed by atoms with E-state index in [9.17, 15) is 9.59 Å². The zero-order chi connectivity index (χ0) is 14.9. The van der Waals surface area contributed by atoms with Crippen LogP contribution in [0.15, 0.2) is 17.6 Å². The lowest BCUT2D eigenvalue weighted by Crippen LogP contribution is -2.32. The minimum atomic E-state index is -0.166. The minimum absolute atomic E-state index is 0.0367. The highest BCUT2D eigenvalue weighted by molar-refractivity contribution is 7.09. The Bertz CT molecular complexity index is 657. The fraction of sp³-hybridized carbons (Fsp3) is 0.357. The average Bonchev–Trinajstić information content (AvgIpc) is 2.93. The number of likely N-dealkylation sites (N-methyl/N-ethyl adjacent to an activating group) is 1. The number of aromatic nitrogens is 2. The summed E-state index contributed by atoms with van der Waals surface area (Å²) in [6, 6.07) is 1.81. The summed E-state index contributed by atoms with van der Waals surface area (Å²) in [5.74, 6) is -0.202. The van der Waals surface area contributed by atoms with Crippen LogP contribution in [0.5, 0.6) is 0 Å². The van der Waals surface area contributed by atoms with Crippen molar-refractivity contribution in [2.24, 2.45) is 7.05 Å². The number of amides is 1. The van der Waals surface area contributed by atoms with Gasteiger partial charge in [-0.3, -0.25) is 9.59 Å². The van der Waals surface area contributed by atoms with Crippen molar-refractivity contribution in [3.05, 3.63) is 28.3 Å². The van der Waals surface area contributed by atoms with Gasteiger partial charge in [-0.2, -0.15) is 0 Å². The van der Waals surface area contributed by atoms with Gasteiger partial charge in [0.1, 0.15) is 11.5 Å². The fourth-order valence-electron chi connectivity index (χ4n) is 2.01. The Morgan fingerprint density at radius 3 is 2.70 bits per heavy atom. The van der Waals surface area contributed by atoms with Crippen LogP contribution in [0, 0.1) is 6.92 Å². The van der Waals surface area contributed by atoms with Gasteiger partial charge in [-0.1, -0.05) is 0 Å². The third kappa shape index (κ3) is 2.96. The van der Waals surface area contributed by atoms with Crippen LogP contribution >= 0.6 is 11.3 Å². The molecule has 0 aliphatic heterocycles. The molecule has 0 bridgehead atoms. The molecule has 20 heavy (non-hydrogen) atoms. The number of rotatable bonds is 4. The van der Waals surface area contributed by atoms with Crippen molar-refractivity contribution in [3.63, 3.8) is 0 Å². The van der Waals surface area contributed by atoms with E-state index < -0.39 is 0 Å². The fourth-order valence-corrected chi connectivity index (χ4v) is 2.64. The summed E-state index contributed by atoms with van der Waals surface area (Å²) < 4.78 is 1.77. The molecular formula is C14H17N3O2S. The molecule has 0 saturated carbocycles. The SMILES string of the molecule is CC(=O)CN(C)C(=O)c1cc(-c2csc(C)n2)cn1C. The molecule has 106 valence electrons. The Balaban J connectivity index is 2.27. The molecule has 6 heteroatoms. The monoisotopic (exact) mass is 291 g/mol. The van der Waals surface area contributed by atoms with Crippen molar-refractivity contribution in [2.45, 2.75) is 13.8 Å². The zero-order valence-electron chi connectivity index (χ0n) is 12.0. The van der Waals surface area contributed by atoms with E-state index in [1.807, 2.05) is 31.6 Å². The highest BCUT2D eigenvalue weighted by Crippen LogP contribution is 2.24. The lowest BCUT2D eigenvalue weighted by atomic mass is 10.2. The van der Waals surface area contributed by atoms with E-state index >= 15 is 0 Å². The molecule has 0 saturated heterocycles. The van der Waals surface area contributed by atoms with Gasteiger partial charge in [0.2, 0.25) is 0 Å². The Kier molecular flexibility index (Phi) is 4.04. The van der Waals surface area contributed by atoms with Crippen molar-refractivity contribution in [1.29, 1.82) is 0 Å². The Morgan fingerprint density at radius 2 is 2.15 bits per heavy atom. The zero-order valence-corrected chi connectivity index (χ0v) is 12.8. The molecule has 0 aliphatic rings. The number of Topliss-reactive ketones (excluding diaryl/α,β-unsaturated/α-hetero) is 1. The van der Waals surface area contributed by atoms with E-state index in [-0.39, 0.29) is 18.2 Å². The molecule has 0 radical (unpaired) electrons. The molecule has 0 fully saturated rings. The molecule has 0 N–H and O–H groups in total. The number of aryl methyl sites for hydroxylation is 2. The molecule has 0 aliphatic carbocycles. The number of hydrogen-bond acceptors (Lipinski definition) is 4. The van der Waals surface area contributed by atoms with Crippen LogP contribution in [0.4, 0.5) is 0 Å². The first-order valence-corrected chi connectivity index (χ1v) is 7.10. The number of thiazole rings is 1. The van der Waals surface area contributed by atoms with Crippen molar-refractivity contribution in [1.82, 2.24) is 14.5 Å². The normalized spacial score (nSPS) is 10.6. The summed E-state index contributed by atoms with van der Waals surface area (Å²) in [6.07, 6.45) is 1.88. The van der Waals surface area contributed by atoms with Gasteiger partial charge in [0.25, 0.3) is 5.91 Å². The molecule has 2 aromatic heterocycles. The van der Waals surface area contributed by atoms with Gasteiger partial charge >= 0.3 is 0 Å². The largest absolute Gasteiger partial charge is 0.346 e. The van der Waals surface area contributed by atoms with E-state index in [0.29, 0.717) is 5.69 Å². The molecule has 2 rings (SSSR count). The number of carbonyl (C=O) groups excluding carboxylic acids is 2. The molecule has 0 atom stereocenters. The van der Waals surface area contributed by atoms with Crippen LogP contribution in [0.3, 0.4) is 0 Å². The van der Waals surface area contributed by atoms with E-state index in [1.54, 1.807) is 23.0 Å².